The molecular formula is C13H20N2O4. The monoisotopic (exact) mass is 268 g/mol. The largest absolute Gasteiger partial charge is 0.478 e. The summed E-state index contributed by atoms with van der Waals surface area (Å²) in [5.74, 6) is -0.659. The van der Waals surface area contributed by atoms with Gasteiger partial charge in [0.2, 0.25) is 0 Å². The van der Waals surface area contributed by atoms with Crippen molar-refractivity contribution in [1.29, 1.82) is 0 Å². The van der Waals surface area contributed by atoms with Gasteiger partial charge in [-0.3, -0.25) is 0 Å². The maximum Gasteiger partial charge on any atom is 0.339 e. The number of anilines is 1. The minimum absolute atomic E-state index is 0.165. The molecule has 6 nitrogen and oxygen atoms in total. The van der Waals surface area contributed by atoms with E-state index >= 15 is 0 Å². The lowest BCUT2D eigenvalue weighted by Crippen LogP contribution is -2.33. The van der Waals surface area contributed by atoms with Gasteiger partial charge < -0.3 is 19.8 Å². The van der Waals surface area contributed by atoms with Gasteiger partial charge in [-0.05, 0) is 25.5 Å². The van der Waals surface area contributed by atoms with Gasteiger partial charge in [0.25, 0.3) is 0 Å². The van der Waals surface area contributed by atoms with Crippen molar-refractivity contribution in [2.75, 3.05) is 32.2 Å². The number of nitrogens with zero attached hydrogens (tertiary/aromatic N) is 2. The molecule has 0 amide bonds. The van der Waals surface area contributed by atoms with Crippen LogP contribution in [0.5, 0.6) is 0 Å². The minimum atomic E-state index is -1.02. The summed E-state index contributed by atoms with van der Waals surface area (Å²) in [7, 11) is 3.20. The number of aryl methyl sites for hydroxylation is 2. The number of rotatable bonds is 6. The molecule has 106 valence electrons. The summed E-state index contributed by atoms with van der Waals surface area (Å²) in [5.41, 5.74) is 1.56. The number of pyridine rings is 1. The second-order valence-corrected chi connectivity index (χ2v) is 4.57. The van der Waals surface area contributed by atoms with Crippen molar-refractivity contribution < 1.29 is 19.7 Å². The number of likely N-dealkylation sites (N-methyl/N-ethyl adjacent to an activating group) is 1. The molecule has 2 N–H and O–H groups in total. The Kier molecular flexibility index (Phi) is 5.26. The van der Waals surface area contributed by atoms with E-state index in [1.165, 1.54) is 7.11 Å². The Bertz CT molecular complexity index is 462. The SMILES string of the molecule is COCC(O)CN(C)c1nc(C)cc(C)c1C(=O)O. The van der Waals surface area contributed by atoms with Gasteiger partial charge in [0, 0.05) is 26.4 Å². The summed E-state index contributed by atoms with van der Waals surface area (Å²) in [6.45, 7) is 3.99. The summed E-state index contributed by atoms with van der Waals surface area (Å²) in [4.78, 5) is 17.2. The molecular weight excluding hydrogens is 248 g/mol. The molecule has 0 aromatic carbocycles. The van der Waals surface area contributed by atoms with Gasteiger partial charge >= 0.3 is 5.97 Å². The number of carboxylic acids is 1. The highest BCUT2D eigenvalue weighted by Gasteiger charge is 2.20. The molecule has 6 heteroatoms. The third kappa shape index (κ3) is 3.90. The molecule has 1 aromatic heterocycles. The van der Waals surface area contributed by atoms with E-state index in [9.17, 15) is 15.0 Å². The second kappa shape index (κ2) is 6.49. The highest BCUT2D eigenvalue weighted by Crippen LogP contribution is 2.22. The Morgan fingerprint density at radius 1 is 1.53 bits per heavy atom. The first-order chi connectivity index (χ1) is 8.86. The number of aromatic nitrogens is 1. The van der Waals surface area contributed by atoms with E-state index < -0.39 is 12.1 Å². The predicted octanol–water partition coefficient (Wildman–Crippen LogP) is 0.840. The number of carboxylic acid groups (broad SMARTS) is 1. The van der Waals surface area contributed by atoms with Crippen LogP contribution in [-0.4, -0.2) is 54.6 Å². The lowest BCUT2D eigenvalue weighted by Gasteiger charge is -2.24. The standard InChI is InChI=1S/C13H20N2O4/c1-8-5-9(2)14-12(11(8)13(17)18)15(3)6-10(16)7-19-4/h5,10,16H,6-7H2,1-4H3,(H,17,18). The van der Waals surface area contributed by atoms with Crippen molar-refractivity contribution in [2.24, 2.45) is 0 Å². The zero-order valence-electron chi connectivity index (χ0n) is 11.7. The number of aromatic carboxylic acids is 1. The van der Waals surface area contributed by atoms with Crippen LogP contribution >= 0.6 is 0 Å². The number of carbonyl (C=O) groups is 1. The highest BCUT2D eigenvalue weighted by molar-refractivity contribution is 5.95. The number of methoxy groups -OCH3 is 1. The molecule has 1 unspecified atom stereocenters. The molecule has 19 heavy (non-hydrogen) atoms. The summed E-state index contributed by atoms with van der Waals surface area (Å²) in [5, 5.41) is 19.0. The lowest BCUT2D eigenvalue weighted by molar-refractivity contribution is 0.0679. The Morgan fingerprint density at radius 3 is 2.68 bits per heavy atom. The first-order valence-electron chi connectivity index (χ1n) is 5.96. The molecule has 0 saturated heterocycles. The number of hydrogen-bond acceptors (Lipinski definition) is 5. The maximum absolute atomic E-state index is 11.3. The third-order valence-corrected chi connectivity index (χ3v) is 2.74. The average Bonchev–Trinajstić information content (AvgIpc) is 2.27. The van der Waals surface area contributed by atoms with Crippen LogP contribution < -0.4 is 4.90 Å². The maximum atomic E-state index is 11.3. The van der Waals surface area contributed by atoms with Gasteiger partial charge in [-0.2, -0.15) is 0 Å². The van der Waals surface area contributed by atoms with Gasteiger partial charge in [0.1, 0.15) is 11.4 Å². The summed E-state index contributed by atoms with van der Waals surface area (Å²) >= 11 is 0. The molecule has 1 aromatic rings. The van der Waals surface area contributed by atoms with Crippen LogP contribution in [0.4, 0.5) is 5.82 Å². The Morgan fingerprint density at radius 2 is 2.16 bits per heavy atom. The van der Waals surface area contributed by atoms with E-state index in [4.69, 9.17) is 4.74 Å². The zero-order valence-corrected chi connectivity index (χ0v) is 11.7. The fourth-order valence-electron chi connectivity index (χ4n) is 2.01. The molecule has 0 aliphatic heterocycles. The van der Waals surface area contributed by atoms with E-state index in [-0.39, 0.29) is 18.7 Å². The van der Waals surface area contributed by atoms with Crippen LogP contribution in [0.1, 0.15) is 21.6 Å². The van der Waals surface area contributed by atoms with Gasteiger partial charge in [-0.15, -0.1) is 0 Å². The van der Waals surface area contributed by atoms with Crippen LogP contribution in [0.25, 0.3) is 0 Å². The quantitative estimate of drug-likeness (QED) is 0.795. The van der Waals surface area contributed by atoms with E-state index in [2.05, 4.69) is 4.98 Å². The van der Waals surface area contributed by atoms with Crippen molar-refractivity contribution >= 4 is 11.8 Å². The van der Waals surface area contributed by atoms with E-state index in [1.807, 2.05) is 6.92 Å². The number of hydrogen-bond donors (Lipinski definition) is 2. The fourth-order valence-corrected chi connectivity index (χ4v) is 2.01. The van der Waals surface area contributed by atoms with Crippen LogP contribution in [0, 0.1) is 13.8 Å². The summed E-state index contributed by atoms with van der Waals surface area (Å²) in [6, 6.07) is 1.73. The normalized spacial score (nSPS) is 12.3. The number of aliphatic hydroxyl groups excluding tert-OH is 1. The van der Waals surface area contributed by atoms with E-state index in [0.29, 0.717) is 11.4 Å². The highest BCUT2D eigenvalue weighted by atomic mass is 16.5. The lowest BCUT2D eigenvalue weighted by atomic mass is 10.1. The van der Waals surface area contributed by atoms with Crippen molar-refractivity contribution in [2.45, 2.75) is 20.0 Å². The summed E-state index contributed by atoms with van der Waals surface area (Å²) < 4.78 is 4.85. The molecule has 1 atom stereocenters. The number of ether oxygens (including phenoxy) is 1. The van der Waals surface area contributed by atoms with E-state index in [1.54, 1.807) is 24.9 Å². The average molecular weight is 268 g/mol. The molecule has 0 bridgehead atoms. The third-order valence-electron chi connectivity index (χ3n) is 2.74. The number of aliphatic hydroxyl groups is 1. The molecule has 0 saturated carbocycles. The van der Waals surface area contributed by atoms with Crippen molar-refractivity contribution in [1.82, 2.24) is 4.98 Å². The molecule has 0 spiro atoms. The smallest absolute Gasteiger partial charge is 0.339 e. The van der Waals surface area contributed by atoms with Crippen LogP contribution in [0.15, 0.2) is 6.07 Å². The molecule has 0 radical (unpaired) electrons. The second-order valence-electron chi connectivity index (χ2n) is 4.57. The first-order valence-corrected chi connectivity index (χ1v) is 5.96. The van der Waals surface area contributed by atoms with Gasteiger partial charge in [0.05, 0.1) is 12.7 Å². The van der Waals surface area contributed by atoms with Crippen LogP contribution in [0.3, 0.4) is 0 Å². The van der Waals surface area contributed by atoms with E-state index in [0.717, 1.165) is 5.69 Å². The van der Waals surface area contributed by atoms with Crippen LogP contribution in [0.2, 0.25) is 0 Å². The van der Waals surface area contributed by atoms with Crippen LogP contribution in [-0.2, 0) is 4.74 Å². The molecule has 1 rings (SSSR count). The van der Waals surface area contributed by atoms with Gasteiger partial charge in [-0.1, -0.05) is 0 Å². The van der Waals surface area contributed by atoms with Gasteiger partial charge in [0.15, 0.2) is 0 Å². The van der Waals surface area contributed by atoms with Crippen molar-refractivity contribution in [3.8, 4) is 0 Å². The molecule has 0 aliphatic rings. The topological polar surface area (TPSA) is 82.9 Å². The van der Waals surface area contributed by atoms with Gasteiger partial charge in [-0.25, -0.2) is 9.78 Å². The molecule has 0 fully saturated rings. The summed E-state index contributed by atoms with van der Waals surface area (Å²) in [6.07, 6.45) is -0.695. The Labute approximate surface area is 112 Å². The molecule has 0 aliphatic carbocycles. The Balaban J connectivity index is 3.07. The van der Waals surface area contributed by atoms with Crippen molar-refractivity contribution in [3.05, 3.63) is 22.9 Å². The van der Waals surface area contributed by atoms with Crippen molar-refractivity contribution in [3.63, 3.8) is 0 Å². The predicted molar refractivity (Wildman–Crippen MR) is 71.8 cm³/mol. The Hall–Kier alpha value is -1.66. The first kappa shape index (κ1) is 15.4. The minimum Gasteiger partial charge on any atom is -0.478 e. The zero-order chi connectivity index (χ0) is 14.6. The fraction of sp³-hybridized carbons (Fsp3) is 0.538. The molecule has 1 heterocycles.